The number of thiazole rings is 1. The van der Waals surface area contributed by atoms with Gasteiger partial charge in [0.15, 0.2) is 5.13 Å². The van der Waals surface area contributed by atoms with E-state index in [2.05, 4.69) is 40.0 Å². The first-order valence-electron chi connectivity index (χ1n) is 13.6. The third-order valence-corrected chi connectivity index (χ3v) is 9.70. The number of carbonyl (C=O) groups excluding carboxylic acids is 2. The molecule has 3 amide bonds. The number of amides is 3. The molecule has 0 aliphatic heterocycles. The minimum Gasteiger partial charge on any atom is -0.332 e. The minimum absolute atomic E-state index is 0.0603. The highest BCUT2D eigenvalue weighted by molar-refractivity contribution is 7.22. The SMILES string of the molecule is Cc1cc(C)c(NC(=O)c2ccc3nc(NC(=O)NC45CC6C[C@@H](CCC[C@@H](C6)C4)C5)sc3c2)c(C)c1. The predicted molar refractivity (Wildman–Crippen MR) is 151 cm³/mol. The fourth-order valence-corrected chi connectivity index (χ4v) is 8.52. The smallest absolute Gasteiger partial charge is 0.321 e. The molecule has 3 N–H and O–H groups in total. The van der Waals surface area contributed by atoms with Crippen LogP contribution in [0, 0.1) is 38.5 Å². The average Bonchev–Trinajstić information content (AvgIpc) is 3.20. The molecule has 4 bridgehead atoms. The molecule has 4 aliphatic rings. The van der Waals surface area contributed by atoms with Crippen LogP contribution < -0.4 is 16.0 Å². The minimum atomic E-state index is -0.150. The number of nitrogens with one attached hydrogen (secondary N) is 3. The van der Waals surface area contributed by atoms with Gasteiger partial charge >= 0.3 is 6.03 Å². The number of nitrogens with zero attached hydrogens (tertiary/aromatic N) is 1. The molecule has 4 aliphatic carbocycles. The average molecular weight is 517 g/mol. The summed E-state index contributed by atoms with van der Waals surface area (Å²) in [6.45, 7) is 6.08. The molecule has 4 atom stereocenters. The molecule has 2 aromatic carbocycles. The van der Waals surface area contributed by atoms with Crippen LogP contribution in [0.1, 0.15) is 78.4 Å². The van der Waals surface area contributed by atoms with Crippen molar-refractivity contribution in [3.05, 3.63) is 52.6 Å². The van der Waals surface area contributed by atoms with Crippen molar-refractivity contribution in [2.24, 2.45) is 17.8 Å². The molecule has 0 radical (unpaired) electrons. The summed E-state index contributed by atoms with van der Waals surface area (Å²) in [5.74, 6) is 2.11. The van der Waals surface area contributed by atoms with Gasteiger partial charge in [-0.3, -0.25) is 10.1 Å². The molecular weight excluding hydrogens is 480 g/mol. The fourth-order valence-electron chi connectivity index (χ4n) is 7.62. The van der Waals surface area contributed by atoms with E-state index in [4.69, 9.17) is 0 Å². The Balaban J connectivity index is 1.15. The number of hydrogen-bond donors (Lipinski definition) is 3. The van der Waals surface area contributed by atoms with Crippen LogP contribution in [0.15, 0.2) is 30.3 Å². The molecule has 7 rings (SSSR count). The summed E-state index contributed by atoms with van der Waals surface area (Å²) in [5, 5.41) is 10.1. The van der Waals surface area contributed by atoms with E-state index < -0.39 is 0 Å². The quantitative estimate of drug-likeness (QED) is 0.339. The zero-order valence-corrected chi connectivity index (χ0v) is 22.8. The Bertz CT molecular complexity index is 1340. The van der Waals surface area contributed by atoms with Gasteiger partial charge in [0.05, 0.1) is 10.2 Å². The molecule has 1 heterocycles. The van der Waals surface area contributed by atoms with Crippen molar-refractivity contribution in [3.8, 4) is 0 Å². The lowest BCUT2D eigenvalue weighted by Crippen LogP contribution is -2.58. The van der Waals surface area contributed by atoms with E-state index in [0.29, 0.717) is 10.7 Å². The Morgan fingerprint density at radius 1 is 0.919 bits per heavy atom. The second kappa shape index (κ2) is 9.43. The molecule has 6 nitrogen and oxygen atoms in total. The molecule has 3 aromatic rings. The first-order valence-corrected chi connectivity index (χ1v) is 14.5. The van der Waals surface area contributed by atoms with Crippen LogP contribution >= 0.6 is 11.3 Å². The Morgan fingerprint density at radius 3 is 2.30 bits per heavy atom. The molecule has 194 valence electrons. The van der Waals surface area contributed by atoms with Gasteiger partial charge in [-0.15, -0.1) is 0 Å². The third kappa shape index (κ3) is 4.98. The van der Waals surface area contributed by atoms with Crippen molar-refractivity contribution in [1.82, 2.24) is 10.3 Å². The molecule has 2 unspecified atom stereocenters. The second-order valence-corrected chi connectivity index (χ2v) is 12.9. The second-order valence-electron chi connectivity index (χ2n) is 11.9. The highest BCUT2D eigenvalue weighted by Gasteiger charge is 2.48. The lowest BCUT2D eigenvalue weighted by Gasteiger charge is -2.53. The number of benzene rings is 2. The summed E-state index contributed by atoms with van der Waals surface area (Å²) in [7, 11) is 0. The standard InChI is InChI=1S/C30H36N4O2S/c1-17-9-18(2)26(19(3)10-17)32-27(35)23-7-8-24-25(13-23)37-29(31-24)33-28(36)34-30-14-20-5-4-6-21(15-30)12-22(11-20)16-30/h7-10,13,20-22H,4-6,11-12,14-16H2,1-3H3,(H,32,35)(H2,31,33,34,36)/t20-,21+,22?,30?. The molecule has 7 heteroatoms. The van der Waals surface area contributed by atoms with Gasteiger partial charge in [-0.2, -0.15) is 0 Å². The number of urea groups is 1. The fraction of sp³-hybridized carbons (Fsp3) is 0.500. The van der Waals surface area contributed by atoms with Gasteiger partial charge in [-0.1, -0.05) is 48.3 Å². The van der Waals surface area contributed by atoms with Crippen LogP contribution in [-0.4, -0.2) is 22.5 Å². The summed E-state index contributed by atoms with van der Waals surface area (Å²) < 4.78 is 0.878. The predicted octanol–water partition coefficient (Wildman–Crippen LogP) is 7.34. The number of aromatic nitrogens is 1. The highest BCUT2D eigenvalue weighted by atomic mass is 32.1. The lowest BCUT2D eigenvalue weighted by atomic mass is 9.57. The molecular formula is C30H36N4O2S. The summed E-state index contributed by atoms with van der Waals surface area (Å²) in [4.78, 5) is 30.8. The summed E-state index contributed by atoms with van der Waals surface area (Å²) >= 11 is 1.41. The van der Waals surface area contributed by atoms with E-state index >= 15 is 0 Å². The topological polar surface area (TPSA) is 83.1 Å². The van der Waals surface area contributed by atoms with Crippen LogP contribution in [0.5, 0.6) is 0 Å². The Hall–Kier alpha value is -2.93. The van der Waals surface area contributed by atoms with Crippen LogP contribution in [0.3, 0.4) is 0 Å². The number of fused-ring (bicyclic) bond motifs is 3. The largest absolute Gasteiger partial charge is 0.332 e. The number of rotatable bonds is 4. The van der Waals surface area contributed by atoms with Gasteiger partial charge in [-0.05, 0) is 100.0 Å². The molecule has 0 spiro atoms. The van der Waals surface area contributed by atoms with Crippen LogP contribution in [0.4, 0.5) is 15.6 Å². The summed E-state index contributed by atoms with van der Waals surface area (Å²) in [6.07, 6.45) is 10.0. The monoisotopic (exact) mass is 516 g/mol. The summed E-state index contributed by atoms with van der Waals surface area (Å²) in [6, 6.07) is 9.50. The van der Waals surface area contributed by atoms with Crippen LogP contribution in [0.25, 0.3) is 10.2 Å². The van der Waals surface area contributed by atoms with Gasteiger partial charge in [0.25, 0.3) is 5.91 Å². The van der Waals surface area contributed by atoms with E-state index in [1.54, 1.807) is 6.07 Å². The maximum atomic E-state index is 13.1. The zero-order chi connectivity index (χ0) is 25.7. The van der Waals surface area contributed by atoms with Crippen LogP contribution in [0.2, 0.25) is 0 Å². The molecule has 1 aromatic heterocycles. The maximum absolute atomic E-state index is 13.1. The first kappa shape index (κ1) is 24.4. The van der Waals surface area contributed by atoms with E-state index in [-0.39, 0.29) is 17.5 Å². The number of carbonyl (C=O) groups is 2. The number of hydrogen-bond acceptors (Lipinski definition) is 4. The van der Waals surface area contributed by atoms with Crippen molar-refractivity contribution in [3.63, 3.8) is 0 Å². The molecule has 0 saturated heterocycles. The lowest BCUT2D eigenvalue weighted by molar-refractivity contribution is 0.0298. The van der Waals surface area contributed by atoms with Gasteiger partial charge in [0.1, 0.15) is 0 Å². The Morgan fingerprint density at radius 2 is 1.59 bits per heavy atom. The Labute approximate surface area is 222 Å². The van der Waals surface area contributed by atoms with Crippen molar-refractivity contribution in [2.45, 2.75) is 77.7 Å². The van der Waals surface area contributed by atoms with Gasteiger partial charge in [0.2, 0.25) is 0 Å². The maximum Gasteiger partial charge on any atom is 0.321 e. The van der Waals surface area contributed by atoms with E-state index in [1.807, 2.05) is 26.0 Å². The van der Waals surface area contributed by atoms with Gasteiger partial charge in [0, 0.05) is 16.8 Å². The Kier molecular flexibility index (Phi) is 6.22. The molecule has 4 saturated carbocycles. The zero-order valence-electron chi connectivity index (χ0n) is 21.9. The van der Waals surface area contributed by atoms with Gasteiger partial charge < -0.3 is 10.6 Å². The van der Waals surface area contributed by atoms with E-state index in [1.165, 1.54) is 49.0 Å². The van der Waals surface area contributed by atoms with Crippen LogP contribution in [-0.2, 0) is 0 Å². The molecule has 37 heavy (non-hydrogen) atoms. The summed E-state index contributed by atoms with van der Waals surface area (Å²) in [5.41, 5.74) is 5.43. The van der Waals surface area contributed by atoms with Crippen molar-refractivity contribution in [2.75, 3.05) is 10.6 Å². The van der Waals surface area contributed by atoms with E-state index in [0.717, 1.165) is 64.0 Å². The third-order valence-electron chi connectivity index (χ3n) is 8.76. The van der Waals surface area contributed by atoms with Crippen molar-refractivity contribution < 1.29 is 9.59 Å². The highest BCUT2D eigenvalue weighted by Crippen LogP contribution is 2.51. The normalized spacial score (nSPS) is 26.5. The number of aryl methyl sites for hydroxylation is 3. The van der Waals surface area contributed by atoms with E-state index in [9.17, 15) is 9.59 Å². The number of anilines is 2. The van der Waals surface area contributed by atoms with Gasteiger partial charge in [-0.25, -0.2) is 9.78 Å². The molecule has 4 fully saturated rings. The first-order chi connectivity index (χ1) is 17.7. The van der Waals surface area contributed by atoms with Crippen molar-refractivity contribution in [1.29, 1.82) is 0 Å². The van der Waals surface area contributed by atoms with Crippen molar-refractivity contribution >= 4 is 44.3 Å².